The minimum absolute atomic E-state index is 0.149. The third-order valence-electron chi connectivity index (χ3n) is 4.92. The van der Waals surface area contributed by atoms with E-state index in [4.69, 9.17) is 14.4 Å². The summed E-state index contributed by atoms with van der Waals surface area (Å²) in [6, 6.07) is 1.86. The van der Waals surface area contributed by atoms with Gasteiger partial charge in [-0.25, -0.2) is 4.79 Å². The number of hydrogen-bond acceptors (Lipinski definition) is 6. The number of likely N-dealkylation sites (tertiary alicyclic amines) is 1. The summed E-state index contributed by atoms with van der Waals surface area (Å²) < 4.78 is 11.6. The molecule has 1 aliphatic carbocycles. The number of aromatic nitrogens is 3. The molecule has 0 aromatic carbocycles. The van der Waals surface area contributed by atoms with Crippen molar-refractivity contribution >= 4 is 6.09 Å². The first-order valence-electron chi connectivity index (χ1n) is 9.30. The highest BCUT2D eigenvalue weighted by Crippen LogP contribution is 2.45. The van der Waals surface area contributed by atoms with E-state index in [1.807, 2.05) is 33.0 Å². The molecule has 1 saturated carbocycles. The van der Waals surface area contributed by atoms with Crippen molar-refractivity contribution in [1.29, 1.82) is 0 Å². The first-order valence-corrected chi connectivity index (χ1v) is 9.30. The molecule has 27 heavy (non-hydrogen) atoms. The predicted octanol–water partition coefficient (Wildman–Crippen LogP) is 3.44. The molecule has 8 nitrogen and oxygen atoms in total. The quantitative estimate of drug-likeness (QED) is 0.877. The first kappa shape index (κ1) is 17.8. The molecule has 1 saturated heterocycles. The number of nitrogens with zero attached hydrogens (tertiary/aromatic N) is 4. The topological polar surface area (TPSA) is 102 Å². The van der Waals surface area contributed by atoms with Crippen molar-refractivity contribution in [1.82, 2.24) is 20.0 Å². The average molecular weight is 372 g/mol. The van der Waals surface area contributed by atoms with E-state index in [1.54, 1.807) is 0 Å². The lowest BCUT2D eigenvalue weighted by Gasteiger charge is -2.17. The van der Waals surface area contributed by atoms with Crippen LogP contribution in [0.2, 0.25) is 0 Å². The smallest absolute Gasteiger partial charge is 0.407 e. The molecule has 2 aromatic heterocycles. The largest absolute Gasteiger partial charge is 0.488 e. The molecule has 144 valence electrons. The zero-order valence-corrected chi connectivity index (χ0v) is 15.8. The maximum absolute atomic E-state index is 11.1. The van der Waals surface area contributed by atoms with Crippen LogP contribution >= 0.6 is 0 Å². The van der Waals surface area contributed by atoms with E-state index < -0.39 is 6.09 Å². The van der Waals surface area contributed by atoms with Crippen LogP contribution in [0, 0.1) is 0 Å². The Hall–Kier alpha value is -2.64. The van der Waals surface area contributed by atoms with Gasteiger partial charge in [0, 0.05) is 36.2 Å². The van der Waals surface area contributed by atoms with E-state index in [1.165, 1.54) is 4.90 Å². The molecule has 1 atom stereocenters. The van der Waals surface area contributed by atoms with Gasteiger partial charge in [-0.15, -0.1) is 0 Å². The standard InChI is InChI=1S/C19H24N4O4/c1-19(2,3)17-21-16(22-27-17)14-8-15(13(9-20-14)11-4-5-11)26-12-6-7-23(10-12)18(24)25/h8-9,11-12H,4-7,10H2,1-3H3,(H,24,25)/t12-/m1/s1. The van der Waals surface area contributed by atoms with Crippen molar-refractivity contribution in [3.05, 3.63) is 23.7 Å². The Morgan fingerprint density at radius 3 is 2.70 bits per heavy atom. The maximum Gasteiger partial charge on any atom is 0.407 e. The molecule has 2 aliphatic rings. The minimum atomic E-state index is -0.902. The maximum atomic E-state index is 11.1. The van der Waals surface area contributed by atoms with Gasteiger partial charge in [-0.05, 0) is 18.8 Å². The molecule has 4 rings (SSSR count). The minimum Gasteiger partial charge on any atom is -0.488 e. The zero-order chi connectivity index (χ0) is 19.2. The molecule has 1 amide bonds. The van der Waals surface area contributed by atoms with Crippen LogP contribution in [0.1, 0.15) is 57.4 Å². The van der Waals surface area contributed by atoms with Crippen LogP contribution in [0.15, 0.2) is 16.8 Å². The monoisotopic (exact) mass is 372 g/mol. The molecule has 1 aliphatic heterocycles. The Kier molecular flexibility index (Phi) is 4.28. The van der Waals surface area contributed by atoms with Crippen LogP contribution in [0.3, 0.4) is 0 Å². The highest BCUT2D eigenvalue weighted by atomic mass is 16.5. The summed E-state index contributed by atoms with van der Waals surface area (Å²) in [6.07, 6.45) is 3.72. The van der Waals surface area contributed by atoms with Crippen LogP contribution in [0.4, 0.5) is 4.79 Å². The molecular formula is C19H24N4O4. The molecule has 3 heterocycles. The normalized spacial score (nSPS) is 20.1. The van der Waals surface area contributed by atoms with E-state index in [2.05, 4.69) is 15.1 Å². The van der Waals surface area contributed by atoms with Crippen LogP contribution in [-0.2, 0) is 5.41 Å². The number of carboxylic acid groups (broad SMARTS) is 1. The van der Waals surface area contributed by atoms with Crippen molar-refractivity contribution in [2.24, 2.45) is 0 Å². The molecule has 0 unspecified atom stereocenters. The fourth-order valence-corrected chi connectivity index (χ4v) is 3.18. The van der Waals surface area contributed by atoms with Crippen LogP contribution in [0.5, 0.6) is 5.75 Å². The van der Waals surface area contributed by atoms with Gasteiger partial charge in [0.15, 0.2) is 0 Å². The molecular weight excluding hydrogens is 348 g/mol. The van der Waals surface area contributed by atoms with Gasteiger partial charge >= 0.3 is 6.09 Å². The number of amides is 1. The Morgan fingerprint density at radius 1 is 1.33 bits per heavy atom. The lowest BCUT2D eigenvalue weighted by Crippen LogP contribution is -2.29. The Balaban J connectivity index is 1.59. The van der Waals surface area contributed by atoms with E-state index in [0.717, 1.165) is 24.2 Å². The number of hydrogen-bond donors (Lipinski definition) is 1. The molecule has 2 aromatic rings. The average Bonchev–Trinajstić information content (AvgIpc) is 3.12. The molecule has 8 heteroatoms. The Labute approximate surface area is 157 Å². The predicted molar refractivity (Wildman–Crippen MR) is 96.8 cm³/mol. The fraction of sp³-hybridized carbons (Fsp3) is 0.579. The second kappa shape index (κ2) is 6.51. The van der Waals surface area contributed by atoms with Crippen molar-refractivity contribution in [3.8, 4) is 17.3 Å². The van der Waals surface area contributed by atoms with Gasteiger partial charge in [-0.2, -0.15) is 4.98 Å². The highest BCUT2D eigenvalue weighted by Gasteiger charge is 2.32. The van der Waals surface area contributed by atoms with Crippen LogP contribution < -0.4 is 4.74 Å². The van der Waals surface area contributed by atoms with Gasteiger partial charge < -0.3 is 19.3 Å². The first-order chi connectivity index (χ1) is 12.8. The molecule has 2 fully saturated rings. The summed E-state index contributed by atoms with van der Waals surface area (Å²) in [4.78, 5) is 21.5. The second-order valence-corrected chi connectivity index (χ2v) is 8.31. The molecule has 1 N–H and O–H groups in total. The second-order valence-electron chi connectivity index (χ2n) is 8.31. The summed E-state index contributed by atoms with van der Waals surface area (Å²) in [5, 5.41) is 13.2. The molecule has 0 bridgehead atoms. The van der Waals surface area contributed by atoms with Gasteiger partial charge in [-0.1, -0.05) is 25.9 Å². The van der Waals surface area contributed by atoms with Gasteiger partial charge in [-0.3, -0.25) is 4.98 Å². The van der Waals surface area contributed by atoms with Crippen molar-refractivity contribution in [2.45, 2.75) is 57.5 Å². The van der Waals surface area contributed by atoms with E-state index in [0.29, 0.717) is 42.8 Å². The van der Waals surface area contributed by atoms with Gasteiger partial charge in [0.05, 0.1) is 6.54 Å². The van der Waals surface area contributed by atoms with Gasteiger partial charge in [0.2, 0.25) is 11.7 Å². The summed E-state index contributed by atoms with van der Waals surface area (Å²) in [5.41, 5.74) is 1.44. The summed E-state index contributed by atoms with van der Waals surface area (Å²) in [5.74, 6) is 2.21. The summed E-state index contributed by atoms with van der Waals surface area (Å²) in [6.45, 7) is 6.91. The number of ether oxygens (including phenoxy) is 1. The van der Waals surface area contributed by atoms with Crippen LogP contribution in [-0.4, -0.2) is 50.4 Å². The van der Waals surface area contributed by atoms with Crippen molar-refractivity contribution in [3.63, 3.8) is 0 Å². The van der Waals surface area contributed by atoms with Gasteiger partial charge in [0.25, 0.3) is 0 Å². The van der Waals surface area contributed by atoms with Gasteiger partial charge in [0.1, 0.15) is 17.5 Å². The number of carbonyl (C=O) groups is 1. The summed E-state index contributed by atoms with van der Waals surface area (Å²) >= 11 is 0. The van der Waals surface area contributed by atoms with Crippen LogP contribution in [0.25, 0.3) is 11.5 Å². The molecule has 0 radical (unpaired) electrons. The lowest BCUT2D eigenvalue weighted by molar-refractivity contribution is 0.145. The van der Waals surface area contributed by atoms with E-state index >= 15 is 0 Å². The third-order valence-corrected chi connectivity index (χ3v) is 4.92. The fourth-order valence-electron chi connectivity index (χ4n) is 3.18. The Morgan fingerprint density at radius 2 is 2.11 bits per heavy atom. The number of rotatable bonds is 4. The van der Waals surface area contributed by atoms with Crippen molar-refractivity contribution < 1.29 is 19.2 Å². The zero-order valence-electron chi connectivity index (χ0n) is 15.8. The SMILES string of the molecule is CC(C)(C)c1nc(-c2cc(O[C@@H]3CCN(C(=O)O)C3)c(C3CC3)cn2)no1. The van der Waals surface area contributed by atoms with E-state index in [-0.39, 0.29) is 11.5 Å². The number of pyridine rings is 1. The molecule has 0 spiro atoms. The Bertz CT molecular complexity index is 854. The lowest BCUT2D eigenvalue weighted by atomic mass is 9.97. The van der Waals surface area contributed by atoms with E-state index in [9.17, 15) is 4.79 Å². The highest BCUT2D eigenvalue weighted by molar-refractivity contribution is 5.65. The van der Waals surface area contributed by atoms with Crippen molar-refractivity contribution in [2.75, 3.05) is 13.1 Å². The third kappa shape index (κ3) is 3.74. The summed E-state index contributed by atoms with van der Waals surface area (Å²) in [7, 11) is 0.